The van der Waals surface area contributed by atoms with Gasteiger partial charge in [-0.1, -0.05) is 43.4 Å². The zero-order chi connectivity index (χ0) is 11.1. The van der Waals surface area contributed by atoms with Crippen molar-refractivity contribution < 1.29 is 0 Å². The minimum absolute atomic E-state index is 0.455. The predicted molar refractivity (Wildman–Crippen MR) is 65.5 cm³/mol. The summed E-state index contributed by atoms with van der Waals surface area (Å²) in [6.45, 7) is 12.1. The van der Waals surface area contributed by atoms with Crippen LogP contribution in [0.25, 0.3) is 0 Å². The van der Waals surface area contributed by atoms with Crippen LogP contribution in [0.2, 0.25) is 0 Å². The van der Waals surface area contributed by atoms with Crippen molar-refractivity contribution in [1.82, 2.24) is 4.90 Å². The minimum atomic E-state index is 0.455. The third kappa shape index (κ3) is 4.43. The lowest BCUT2D eigenvalue weighted by atomic mass is 9.98. The van der Waals surface area contributed by atoms with E-state index >= 15 is 0 Å². The molecule has 0 aromatic heterocycles. The first-order valence-electron chi connectivity index (χ1n) is 5.15. The van der Waals surface area contributed by atoms with Crippen LogP contribution in [0.3, 0.4) is 0 Å². The van der Waals surface area contributed by atoms with E-state index in [1.807, 2.05) is 6.08 Å². The molecule has 1 atom stereocenters. The van der Waals surface area contributed by atoms with Crippen molar-refractivity contribution in [3.63, 3.8) is 0 Å². The molecule has 0 bridgehead atoms. The summed E-state index contributed by atoms with van der Waals surface area (Å²) in [5.41, 5.74) is 2.65. The number of likely N-dealkylation sites (N-methyl/N-ethyl adjacent to an activating group) is 1. The van der Waals surface area contributed by atoms with E-state index < -0.39 is 0 Å². The summed E-state index contributed by atoms with van der Waals surface area (Å²) in [6.07, 6.45) is 6.01. The quantitative estimate of drug-likeness (QED) is 0.461. The normalized spacial score (nSPS) is 14.2. The molecule has 0 radical (unpaired) electrons. The van der Waals surface area contributed by atoms with E-state index in [9.17, 15) is 0 Å². The van der Waals surface area contributed by atoms with Crippen molar-refractivity contribution >= 4 is 0 Å². The maximum absolute atomic E-state index is 4.11. The van der Waals surface area contributed by atoms with Crippen molar-refractivity contribution in [3.05, 3.63) is 36.5 Å². The van der Waals surface area contributed by atoms with Crippen LogP contribution in [0, 0.1) is 0 Å². The number of hydrogen-bond donors (Lipinski definition) is 0. The topological polar surface area (TPSA) is 3.24 Å². The zero-order valence-corrected chi connectivity index (χ0v) is 10.0. The summed E-state index contributed by atoms with van der Waals surface area (Å²) >= 11 is 0. The highest BCUT2D eigenvalue weighted by molar-refractivity contribution is 5.15. The summed E-state index contributed by atoms with van der Waals surface area (Å²) in [5.74, 6) is 0. The van der Waals surface area contributed by atoms with Gasteiger partial charge in [0.15, 0.2) is 0 Å². The van der Waals surface area contributed by atoms with Gasteiger partial charge in [-0.2, -0.15) is 0 Å². The molecule has 0 heterocycles. The van der Waals surface area contributed by atoms with Crippen LogP contribution in [0.1, 0.15) is 26.7 Å². The molecule has 0 spiro atoms. The average Bonchev–Trinajstić information content (AvgIpc) is 2.13. The van der Waals surface area contributed by atoms with E-state index in [2.05, 4.69) is 52.1 Å². The Morgan fingerprint density at radius 3 is 2.36 bits per heavy atom. The zero-order valence-electron chi connectivity index (χ0n) is 10.0. The van der Waals surface area contributed by atoms with Gasteiger partial charge in [0, 0.05) is 6.04 Å². The maximum Gasteiger partial charge on any atom is 0.0335 e. The van der Waals surface area contributed by atoms with Gasteiger partial charge in [-0.3, -0.25) is 0 Å². The molecule has 0 aromatic carbocycles. The van der Waals surface area contributed by atoms with Crippen LogP contribution in [-0.4, -0.2) is 25.0 Å². The Morgan fingerprint density at radius 2 is 2.00 bits per heavy atom. The van der Waals surface area contributed by atoms with Crippen molar-refractivity contribution in [1.29, 1.82) is 0 Å². The minimum Gasteiger partial charge on any atom is -0.302 e. The fourth-order valence-electron chi connectivity index (χ4n) is 1.50. The van der Waals surface area contributed by atoms with Crippen LogP contribution in [0.5, 0.6) is 0 Å². The molecule has 14 heavy (non-hydrogen) atoms. The fraction of sp³-hybridized carbons (Fsp3) is 0.538. The molecule has 0 aliphatic carbocycles. The molecule has 0 aliphatic heterocycles. The van der Waals surface area contributed by atoms with Crippen LogP contribution < -0.4 is 0 Å². The Labute approximate surface area is 88.8 Å². The van der Waals surface area contributed by atoms with Gasteiger partial charge in [0.1, 0.15) is 0 Å². The third-order valence-corrected chi connectivity index (χ3v) is 2.47. The van der Waals surface area contributed by atoms with Crippen molar-refractivity contribution in [2.45, 2.75) is 32.7 Å². The molecule has 0 aromatic rings. The summed E-state index contributed by atoms with van der Waals surface area (Å²) < 4.78 is 0. The third-order valence-electron chi connectivity index (χ3n) is 2.47. The second-order valence-electron chi connectivity index (χ2n) is 3.94. The Bertz CT molecular complexity index is 223. The second kappa shape index (κ2) is 6.61. The molecule has 0 saturated heterocycles. The lowest BCUT2D eigenvalue weighted by Gasteiger charge is -2.26. The van der Waals surface area contributed by atoms with Crippen molar-refractivity contribution in [2.24, 2.45) is 0 Å². The highest BCUT2D eigenvalue weighted by atomic mass is 15.1. The van der Waals surface area contributed by atoms with E-state index in [1.165, 1.54) is 11.1 Å². The highest BCUT2D eigenvalue weighted by Gasteiger charge is 2.13. The van der Waals surface area contributed by atoms with Gasteiger partial charge in [-0.25, -0.2) is 0 Å². The molecule has 0 fully saturated rings. The molecule has 1 heteroatoms. The van der Waals surface area contributed by atoms with Gasteiger partial charge >= 0.3 is 0 Å². The molecular formula is C13H23N. The molecule has 0 N–H and O–H groups in total. The first-order chi connectivity index (χ1) is 6.52. The van der Waals surface area contributed by atoms with E-state index in [4.69, 9.17) is 0 Å². The average molecular weight is 193 g/mol. The first-order valence-corrected chi connectivity index (χ1v) is 5.15. The maximum atomic E-state index is 4.11. The van der Waals surface area contributed by atoms with Crippen LogP contribution in [0.4, 0.5) is 0 Å². The Morgan fingerprint density at radius 1 is 1.43 bits per heavy atom. The molecular weight excluding hydrogens is 170 g/mol. The lowest BCUT2D eigenvalue weighted by molar-refractivity contribution is 0.324. The van der Waals surface area contributed by atoms with Gasteiger partial charge in [0.05, 0.1) is 0 Å². The van der Waals surface area contributed by atoms with Crippen LogP contribution in [0.15, 0.2) is 36.5 Å². The number of rotatable bonds is 6. The smallest absolute Gasteiger partial charge is 0.0335 e. The van der Waals surface area contributed by atoms with Crippen LogP contribution >= 0.6 is 0 Å². The van der Waals surface area contributed by atoms with Gasteiger partial charge in [-0.15, -0.1) is 0 Å². The SMILES string of the molecule is C=C/C=C(\C)CC(C(=C)CC)N(C)C. The van der Waals surface area contributed by atoms with Gasteiger partial charge < -0.3 is 4.90 Å². The number of nitrogens with zero attached hydrogens (tertiary/aromatic N) is 1. The summed E-state index contributed by atoms with van der Waals surface area (Å²) in [6, 6.07) is 0.455. The van der Waals surface area contributed by atoms with Crippen LogP contribution in [-0.2, 0) is 0 Å². The van der Waals surface area contributed by atoms with E-state index in [0.29, 0.717) is 6.04 Å². The van der Waals surface area contributed by atoms with Crippen molar-refractivity contribution in [2.75, 3.05) is 14.1 Å². The predicted octanol–water partition coefficient (Wildman–Crippen LogP) is 3.41. The Kier molecular flexibility index (Phi) is 6.22. The summed E-state index contributed by atoms with van der Waals surface area (Å²) in [5, 5.41) is 0. The molecule has 0 rings (SSSR count). The molecule has 80 valence electrons. The van der Waals surface area contributed by atoms with Gasteiger partial charge in [0.2, 0.25) is 0 Å². The Hall–Kier alpha value is -0.820. The lowest BCUT2D eigenvalue weighted by Crippen LogP contribution is -2.29. The number of hydrogen-bond acceptors (Lipinski definition) is 1. The van der Waals surface area contributed by atoms with Gasteiger partial charge in [-0.05, 0) is 33.9 Å². The van der Waals surface area contributed by atoms with Crippen molar-refractivity contribution in [3.8, 4) is 0 Å². The Balaban J connectivity index is 4.45. The van der Waals surface area contributed by atoms with E-state index in [-0.39, 0.29) is 0 Å². The molecule has 0 amide bonds. The molecule has 1 unspecified atom stereocenters. The standard InChI is InChI=1S/C13H23N/c1-7-9-11(3)10-13(14(5)6)12(4)8-2/h7,9,13H,1,4,8,10H2,2-3,5-6H3/b11-9+. The highest BCUT2D eigenvalue weighted by Crippen LogP contribution is 2.17. The van der Waals surface area contributed by atoms with Gasteiger partial charge in [0.25, 0.3) is 0 Å². The van der Waals surface area contributed by atoms with E-state index in [0.717, 1.165) is 12.8 Å². The second-order valence-corrected chi connectivity index (χ2v) is 3.94. The molecule has 1 nitrogen and oxygen atoms in total. The summed E-state index contributed by atoms with van der Waals surface area (Å²) in [7, 11) is 4.21. The fourth-order valence-corrected chi connectivity index (χ4v) is 1.50. The largest absolute Gasteiger partial charge is 0.302 e. The summed E-state index contributed by atoms with van der Waals surface area (Å²) in [4.78, 5) is 2.23. The molecule has 0 aliphatic rings. The van der Waals surface area contributed by atoms with E-state index in [1.54, 1.807) is 0 Å². The molecule has 0 saturated carbocycles. The number of allylic oxidation sites excluding steroid dienone is 2. The first kappa shape index (κ1) is 13.2. The monoisotopic (exact) mass is 193 g/mol.